The Morgan fingerprint density at radius 3 is 2.82 bits per heavy atom. The number of carbonyl (C=O) groups excluding carboxylic acids is 3. The van der Waals surface area contributed by atoms with Gasteiger partial charge in [-0.25, -0.2) is 0 Å². The lowest BCUT2D eigenvalue weighted by molar-refractivity contribution is -0.136. The van der Waals surface area contributed by atoms with Crippen molar-refractivity contribution in [3.63, 3.8) is 0 Å². The molecule has 1 fully saturated rings. The smallest absolute Gasteiger partial charge is 0.255 e. The van der Waals surface area contributed by atoms with E-state index in [1.54, 1.807) is 25.2 Å². The summed E-state index contributed by atoms with van der Waals surface area (Å²) in [5.41, 5.74) is 1.37. The summed E-state index contributed by atoms with van der Waals surface area (Å²) in [5.74, 6) is -0.296. The van der Waals surface area contributed by atoms with Gasteiger partial charge in [-0.15, -0.1) is 0 Å². The van der Waals surface area contributed by atoms with Gasteiger partial charge in [0.05, 0.1) is 16.1 Å². The number of halogens is 1. The van der Waals surface area contributed by atoms with Crippen molar-refractivity contribution < 1.29 is 19.2 Å². The Morgan fingerprint density at radius 2 is 2.14 bits per heavy atom. The Morgan fingerprint density at radius 1 is 1.36 bits per heavy atom. The van der Waals surface area contributed by atoms with Gasteiger partial charge in [0.15, 0.2) is 0 Å². The molecule has 0 spiro atoms. The number of imide groups is 1. The van der Waals surface area contributed by atoms with Crippen LogP contribution in [0, 0.1) is 0 Å². The first-order valence-electron chi connectivity index (χ1n) is 6.81. The molecule has 1 atom stereocenters. The normalized spacial score (nSPS) is 21.1. The van der Waals surface area contributed by atoms with E-state index in [-0.39, 0.29) is 18.2 Å². The number of hydroxylamine groups is 1. The summed E-state index contributed by atoms with van der Waals surface area (Å²) < 4.78 is 1.38. The number of benzene rings is 1. The van der Waals surface area contributed by atoms with Gasteiger partial charge in [0.2, 0.25) is 11.8 Å². The molecule has 1 aromatic rings. The zero-order chi connectivity index (χ0) is 15.9. The van der Waals surface area contributed by atoms with Gasteiger partial charge in [-0.2, -0.15) is 0 Å². The van der Waals surface area contributed by atoms with Crippen molar-refractivity contribution in [2.45, 2.75) is 25.4 Å². The number of amides is 3. The monoisotopic (exact) mass is 367 g/mol. The number of nitrogens with zero attached hydrogens (tertiary/aromatic N) is 2. The molecule has 3 amide bonds. The van der Waals surface area contributed by atoms with Crippen LogP contribution in [-0.2, 0) is 16.1 Å². The molecule has 1 unspecified atom stereocenters. The summed E-state index contributed by atoms with van der Waals surface area (Å²) in [6.07, 6.45) is 0.608. The third-order valence-electron chi connectivity index (χ3n) is 3.73. The zero-order valence-corrected chi connectivity index (χ0v) is 13.4. The molecule has 0 aliphatic carbocycles. The molecule has 3 rings (SSSR count). The van der Waals surface area contributed by atoms with Gasteiger partial charge in [-0.05, 0) is 30.2 Å². The third kappa shape index (κ3) is 2.71. The minimum Gasteiger partial charge on any atom is -0.395 e. The molecule has 1 N–H and O–H groups in total. The summed E-state index contributed by atoms with van der Waals surface area (Å²) in [4.78, 5) is 42.5. The van der Waals surface area contributed by atoms with E-state index in [0.29, 0.717) is 24.3 Å². The molecular weight excluding hydrogens is 354 g/mol. The molecule has 0 radical (unpaired) electrons. The fraction of sp³-hybridized carbons (Fsp3) is 0.357. The van der Waals surface area contributed by atoms with Crippen molar-refractivity contribution in [3.8, 4) is 5.75 Å². The van der Waals surface area contributed by atoms with E-state index in [1.165, 1.54) is 8.99 Å². The van der Waals surface area contributed by atoms with Gasteiger partial charge in [-0.1, -0.05) is 4.09 Å². The molecule has 0 aromatic heterocycles. The van der Waals surface area contributed by atoms with Gasteiger partial charge < -0.3 is 9.74 Å². The van der Waals surface area contributed by atoms with Crippen molar-refractivity contribution in [1.29, 1.82) is 0 Å². The lowest BCUT2D eigenvalue weighted by atomic mass is 10.0. The lowest BCUT2D eigenvalue weighted by Gasteiger charge is -2.29. The first-order chi connectivity index (χ1) is 10.5. The van der Waals surface area contributed by atoms with E-state index in [1.807, 2.05) is 0 Å². The maximum atomic E-state index is 12.5. The van der Waals surface area contributed by atoms with E-state index >= 15 is 0 Å². The Labute approximate surface area is 135 Å². The van der Waals surface area contributed by atoms with Crippen LogP contribution >= 0.6 is 16.1 Å². The quantitative estimate of drug-likeness (QED) is 0.489. The zero-order valence-electron chi connectivity index (χ0n) is 11.8. The number of hydrogen-bond donors (Lipinski definition) is 1. The van der Waals surface area contributed by atoms with Crippen LogP contribution in [0.1, 0.15) is 28.8 Å². The van der Waals surface area contributed by atoms with E-state index in [2.05, 4.69) is 21.5 Å². The molecule has 22 heavy (non-hydrogen) atoms. The molecule has 2 aliphatic rings. The number of hydrogen-bond acceptors (Lipinski definition) is 5. The number of carbonyl (C=O) groups is 3. The van der Waals surface area contributed by atoms with Crippen molar-refractivity contribution >= 4 is 33.9 Å². The summed E-state index contributed by atoms with van der Waals surface area (Å²) >= 11 is 3.14. The molecule has 1 saturated heterocycles. The van der Waals surface area contributed by atoms with Gasteiger partial charge in [0.1, 0.15) is 11.8 Å². The molecule has 8 heteroatoms. The Hall–Kier alpha value is -1.93. The second-order valence-electron chi connectivity index (χ2n) is 5.23. The highest BCUT2D eigenvalue weighted by atomic mass is 79.9. The van der Waals surface area contributed by atoms with E-state index in [4.69, 9.17) is 4.84 Å². The maximum absolute atomic E-state index is 12.5. The van der Waals surface area contributed by atoms with Crippen molar-refractivity contribution in [1.82, 2.24) is 14.3 Å². The second kappa shape index (κ2) is 5.69. The van der Waals surface area contributed by atoms with E-state index in [9.17, 15) is 14.4 Å². The minimum atomic E-state index is -0.596. The Balaban J connectivity index is 1.81. The maximum Gasteiger partial charge on any atom is 0.255 e. The average molecular weight is 368 g/mol. The second-order valence-corrected chi connectivity index (χ2v) is 6.23. The van der Waals surface area contributed by atoms with Crippen LogP contribution < -0.4 is 10.2 Å². The largest absolute Gasteiger partial charge is 0.395 e. The fourth-order valence-electron chi connectivity index (χ4n) is 2.75. The van der Waals surface area contributed by atoms with Crippen LogP contribution in [0.15, 0.2) is 18.2 Å². The number of fused-ring (bicyclic) bond motifs is 1. The highest BCUT2D eigenvalue weighted by Gasteiger charge is 2.39. The van der Waals surface area contributed by atoms with Crippen LogP contribution in [0.4, 0.5) is 0 Å². The summed E-state index contributed by atoms with van der Waals surface area (Å²) in [7, 11) is 1.69. The van der Waals surface area contributed by atoms with Crippen molar-refractivity contribution in [2.24, 2.45) is 0 Å². The first kappa shape index (κ1) is 15.0. The van der Waals surface area contributed by atoms with E-state index < -0.39 is 11.9 Å². The minimum absolute atomic E-state index is 0.191. The molecule has 0 saturated carbocycles. The van der Waals surface area contributed by atoms with Crippen molar-refractivity contribution in [3.05, 3.63) is 29.3 Å². The van der Waals surface area contributed by atoms with Gasteiger partial charge in [-0.3, -0.25) is 19.7 Å². The number of piperidine rings is 1. The van der Waals surface area contributed by atoms with E-state index in [0.717, 1.165) is 5.56 Å². The number of nitrogens with one attached hydrogen (secondary N) is 1. The highest BCUT2D eigenvalue weighted by molar-refractivity contribution is 9.07. The number of rotatable bonds is 3. The third-order valence-corrected chi connectivity index (χ3v) is 3.87. The molecule has 2 heterocycles. The lowest BCUT2D eigenvalue weighted by Crippen LogP contribution is -2.52. The summed E-state index contributed by atoms with van der Waals surface area (Å²) in [6, 6.07) is 4.56. The van der Waals surface area contributed by atoms with Gasteiger partial charge in [0, 0.05) is 25.6 Å². The Bertz CT molecular complexity index is 661. The fourth-order valence-corrected chi connectivity index (χ4v) is 2.92. The molecule has 7 nitrogen and oxygen atoms in total. The topological polar surface area (TPSA) is 79.0 Å². The summed E-state index contributed by atoms with van der Waals surface area (Å²) in [5, 5.41) is 2.28. The summed E-state index contributed by atoms with van der Waals surface area (Å²) in [6.45, 7) is 0.337. The Kier molecular flexibility index (Phi) is 3.88. The van der Waals surface area contributed by atoms with Crippen LogP contribution in [0.25, 0.3) is 0 Å². The van der Waals surface area contributed by atoms with Crippen LogP contribution in [0.3, 0.4) is 0 Å². The SMILES string of the molecule is CN(Br)Oc1ccc2c(c1)CN(C1CCC(=O)NC1=O)C2=O. The first-order valence-corrected chi connectivity index (χ1v) is 7.51. The predicted octanol–water partition coefficient (Wildman–Crippen LogP) is 0.983. The van der Waals surface area contributed by atoms with Crippen molar-refractivity contribution in [2.75, 3.05) is 7.05 Å². The molecule has 2 aliphatic heterocycles. The molecule has 0 bridgehead atoms. The van der Waals surface area contributed by atoms with Gasteiger partial charge in [0.25, 0.3) is 5.91 Å². The molecule has 116 valence electrons. The standard InChI is InChI=1S/C14H14BrN3O4/c1-17(15)22-9-2-3-10-8(6-9)7-18(14(10)21)11-4-5-12(19)16-13(11)20/h2-3,6,11H,4-5,7H2,1H3,(H,16,19,20). The molecule has 1 aromatic carbocycles. The van der Waals surface area contributed by atoms with Crippen LogP contribution in [-0.4, -0.2) is 39.8 Å². The highest BCUT2D eigenvalue weighted by Crippen LogP contribution is 2.30. The average Bonchev–Trinajstić information content (AvgIpc) is 2.75. The van der Waals surface area contributed by atoms with Crippen LogP contribution in [0.5, 0.6) is 5.75 Å². The van der Waals surface area contributed by atoms with Crippen LogP contribution in [0.2, 0.25) is 0 Å². The predicted molar refractivity (Wildman–Crippen MR) is 79.8 cm³/mol. The molecular formula is C14H14BrN3O4. The van der Waals surface area contributed by atoms with Gasteiger partial charge >= 0.3 is 0 Å².